The van der Waals surface area contributed by atoms with Gasteiger partial charge >= 0.3 is 7.60 Å². The maximum absolute atomic E-state index is 13.8. The molecule has 0 heterocycles. The second-order valence-corrected chi connectivity index (χ2v) is 21.2. The number of benzene rings is 9. The van der Waals surface area contributed by atoms with E-state index in [0.717, 1.165) is 75.6 Å². The Labute approximate surface area is 398 Å². The van der Waals surface area contributed by atoms with E-state index in [0.29, 0.717) is 6.42 Å². The molecule has 68 heavy (non-hydrogen) atoms. The number of hydrogen-bond acceptors (Lipinski definition) is 3. The van der Waals surface area contributed by atoms with Gasteiger partial charge in [0, 0.05) is 6.16 Å². The Morgan fingerprint density at radius 1 is 0.338 bits per heavy atom. The third-order valence-electron chi connectivity index (χ3n) is 14.8. The molecule has 9 aromatic rings. The van der Waals surface area contributed by atoms with Crippen molar-refractivity contribution < 1.29 is 23.9 Å². The first-order valence-electron chi connectivity index (χ1n) is 24.5. The Morgan fingerprint density at radius 3 is 1.15 bits per heavy atom. The van der Waals surface area contributed by atoms with Crippen LogP contribution in [-0.4, -0.2) is 27.5 Å². The van der Waals surface area contributed by atoms with E-state index in [-0.39, 0.29) is 17.7 Å². The first kappa shape index (κ1) is 44.0. The summed E-state index contributed by atoms with van der Waals surface area (Å²) in [6.07, 6.45) is 12.3. The van der Waals surface area contributed by atoms with E-state index in [4.69, 9.17) is 9.79 Å². The van der Waals surface area contributed by atoms with E-state index in [1.54, 1.807) is 0 Å². The molecule has 338 valence electrons. The molecule has 5 nitrogen and oxygen atoms in total. The Morgan fingerprint density at radius 2 is 0.691 bits per heavy atom. The van der Waals surface area contributed by atoms with Crippen LogP contribution in [0.25, 0.3) is 76.5 Å². The van der Waals surface area contributed by atoms with Gasteiger partial charge in [0.15, 0.2) is 0 Å². The minimum atomic E-state index is -3.84. The molecular formula is C62H55O5P. The van der Waals surface area contributed by atoms with E-state index in [2.05, 4.69) is 164 Å². The predicted octanol–water partition coefficient (Wildman–Crippen LogP) is 15.7. The highest BCUT2D eigenvalue weighted by Gasteiger charge is 2.49. The van der Waals surface area contributed by atoms with Crippen molar-refractivity contribution in [1.29, 1.82) is 0 Å². The Balaban J connectivity index is 0.748. The molecule has 0 amide bonds. The fourth-order valence-electron chi connectivity index (χ4n) is 11.1. The molecule has 2 N–H and O–H groups in total. The zero-order valence-corrected chi connectivity index (χ0v) is 39.2. The summed E-state index contributed by atoms with van der Waals surface area (Å²) in [5.41, 5.74) is 11.9. The van der Waals surface area contributed by atoms with Crippen molar-refractivity contribution >= 4 is 62.3 Å². The lowest BCUT2D eigenvalue weighted by Gasteiger charge is -2.38. The number of carbonyl (C=O) groups is 2. The minimum absolute atomic E-state index is 0.0183. The van der Waals surface area contributed by atoms with Crippen molar-refractivity contribution in [3.8, 4) is 33.4 Å². The van der Waals surface area contributed by atoms with Gasteiger partial charge in [-0.3, -0.25) is 14.2 Å². The molecular weight excluding hydrogens is 856 g/mol. The summed E-state index contributed by atoms with van der Waals surface area (Å²) in [6.45, 7) is 0. The molecule has 0 fully saturated rings. The van der Waals surface area contributed by atoms with Crippen molar-refractivity contribution in [1.82, 2.24) is 0 Å². The number of carbonyl (C=O) groups excluding carboxylic acids is 2. The van der Waals surface area contributed by atoms with Gasteiger partial charge in [-0.05, 0) is 178 Å². The standard InChI is InChI=1S/C62H55O5P/c63-61-59-56-29-27-51(39-58(56)60(62(61)64)55-28-26-50(38-57(55)59)45-21-24-47-31-42-14-10-11-15-43(42)32-52(47)34-45)46-22-25-49-36-53-33-44(20-23-48(53)37-54(49)35-46)41-18-16-40(17-19-41)13-9-7-5-3-1-2-4-6-8-12-30-68(65,66)67/h10-11,14-29,31-39,59-60H,1-9,12-13,30H2,(H2,65,66,67). The van der Waals surface area contributed by atoms with Crippen LogP contribution in [0.3, 0.4) is 0 Å². The van der Waals surface area contributed by atoms with Crippen LogP contribution in [0.4, 0.5) is 0 Å². The Hall–Kier alpha value is -6.49. The van der Waals surface area contributed by atoms with Crippen molar-refractivity contribution in [2.24, 2.45) is 0 Å². The molecule has 0 spiro atoms. The highest BCUT2D eigenvalue weighted by molar-refractivity contribution is 7.51. The van der Waals surface area contributed by atoms with Crippen molar-refractivity contribution in [3.63, 3.8) is 0 Å². The number of rotatable bonds is 16. The van der Waals surface area contributed by atoms with Crippen molar-refractivity contribution in [3.05, 3.63) is 192 Å². The average molecular weight is 911 g/mol. The molecule has 0 aliphatic heterocycles. The molecule has 2 bridgehead atoms. The van der Waals surface area contributed by atoms with Crippen LogP contribution < -0.4 is 0 Å². The summed E-state index contributed by atoms with van der Waals surface area (Å²) in [5.74, 6) is -1.81. The van der Waals surface area contributed by atoms with Gasteiger partial charge in [-0.2, -0.15) is 0 Å². The monoisotopic (exact) mass is 910 g/mol. The van der Waals surface area contributed by atoms with E-state index >= 15 is 0 Å². The van der Waals surface area contributed by atoms with Crippen LogP contribution in [0.2, 0.25) is 0 Å². The van der Waals surface area contributed by atoms with Crippen LogP contribution in [-0.2, 0) is 20.6 Å². The van der Waals surface area contributed by atoms with Gasteiger partial charge in [0.25, 0.3) is 0 Å². The van der Waals surface area contributed by atoms with Crippen LogP contribution in [0.15, 0.2) is 164 Å². The van der Waals surface area contributed by atoms with Gasteiger partial charge in [0.1, 0.15) is 0 Å². The molecule has 0 saturated heterocycles. The van der Waals surface area contributed by atoms with Crippen molar-refractivity contribution in [2.75, 3.05) is 6.16 Å². The summed E-state index contributed by atoms with van der Waals surface area (Å²) >= 11 is 0. The number of aryl methyl sites for hydroxylation is 1. The molecule has 0 radical (unpaired) electrons. The second-order valence-electron chi connectivity index (χ2n) is 19.4. The Bertz CT molecular complexity index is 3470. The van der Waals surface area contributed by atoms with Crippen LogP contribution >= 0.6 is 7.60 Å². The summed E-state index contributed by atoms with van der Waals surface area (Å²) in [7, 11) is -3.84. The highest BCUT2D eigenvalue weighted by atomic mass is 31.2. The van der Waals surface area contributed by atoms with E-state index < -0.39 is 19.4 Å². The molecule has 3 aliphatic rings. The molecule has 3 aliphatic carbocycles. The predicted molar refractivity (Wildman–Crippen MR) is 280 cm³/mol. The van der Waals surface area contributed by atoms with Crippen molar-refractivity contribution in [2.45, 2.75) is 82.5 Å². The van der Waals surface area contributed by atoms with Gasteiger partial charge in [-0.1, -0.05) is 161 Å². The van der Waals surface area contributed by atoms with Gasteiger partial charge in [0.2, 0.25) is 11.6 Å². The van der Waals surface area contributed by atoms with E-state index in [9.17, 15) is 14.2 Å². The topological polar surface area (TPSA) is 91.7 Å². The van der Waals surface area contributed by atoms with Gasteiger partial charge in [-0.15, -0.1) is 0 Å². The molecule has 2 atom stereocenters. The zero-order valence-electron chi connectivity index (χ0n) is 38.3. The number of hydrogen-bond donors (Lipinski definition) is 2. The number of Topliss-reactive ketones (excluding diaryl/α,β-unsaturated/α-hetero) is 2. The average Bonchev–Trinajstić information content (AvgIpc) is 3.35. The van der Waals surface area contributed by atoms with Crippen LogP contribution in [0.1, 0.15) is 104 Å². The quantitative estimate of drug-likeness (QED) is 0.0436. The summed E-state index contributed by atoms with van der Waals surface area (Å²) in [6, 6.07) is 59.1. The zero-order chi connectivity index (χ0) is 46.4. The van der Waals surface area contributed by atoms with Gasteiger partial charge in [-0.25, -0.2) is 0 Å². The van der Waals surface area contributed by atoms with Crippen LogP contribution in [0, 0.1) is 0 Å². The smallest absolute Gasteiger partial charge is 0.324 e. The van der Waals surface area contributed by atoms with Gasteiger partial charge < -0.3 is 9.79 Å². The third kappa shape index (κ3) is 8.87. The van der Waals surface area contributed by atoms with Gasteiger partial charge in [0.05, 0.1) is 11.8 Å². The van der Waals surface area contributed by atoms with E-state index in [1.165, 1.54) is 92.9 Å². The molecule has 0 saturated carbocycles. The van der Waals surface area contributed by atoms with E-state index in [1.807, 2.05) is 0 Å². The minimum Gasteiger partial charge on any atom is -0.324 e. The summed E-state index contributed by atoms with van der Waals surface area (Å²) in [4.78, 5) is 45.4. The molecule has 2 unspecified atom stereocenters. The largest absolute Gasteiger partial charge is 0.325 e. The maximum Gasteiger partial charge on any atom is 0.325 e. The summed E-state index contributed by atoms with van der Waals surface area (Å²) < 4.78 is 11.0. The first-order chi connectivity index (χ1) is 33.1. The fraction of sp³-hybridized carbons (Fsp3) is 0.226. The highest BCUT2D eigenvalue weighted by Crippen LogP contribution is 2.51. The first-order valence-corrected chi connectivity index (χ1v) is 26.3. The number of ketones is 2. The lowest BCUT2D eigenvalue weighted by atomic mass is 9.62. The number of unbranched alkanes of at least 4 members (excludes halogenated alkanes) is 9. The SMILES string of the molecule is O=C1C(=O)C2c3ccc(-c4ccc5cc6ccccc6cc5c4)cc3C1c1ccc(-c3ccc4cc5cc(-c6ccc(CCCCCCCCCCCCP(=O)(O)O)cc6)ccc5cc4c3)cc12. The second kappa shape index (κ2) is 18.5. The third-order valence-corrected chi connectivity index (χ3v) is 15.7. The molecule has 0 aromatic heterocycles. The fourth-order valence-corrected chi connectivity index (χ4v) is 11.8. The number of fused-ring (bicyclic) bond motifs is 5. The lowest BCUT2D eigenvalue weighted by molar-refractivity contribution is -0.138. The summed E-state index contributed by atoms with van der Waals surface area (Å²) in [5, 5.41) is 9.51. The molecule has 9 aromatic carbocycles. The Kier molecular flexibility index (Phi) is 12.0. The maximum atomic E-state index is 13.8. The molecule has 12 rings (SSSR count). The lowest BCUT2D eigenvalue weighted by Crippen LogP contribution is -2.40. The molecule has 6 heteroatoms. The normalized spacial score (nSPS) is 15.4. The van der Waals surface area contributed by atoms with Crippen LogP contribution in [0.5, 0.6) is 0 Å².